The first-order valence-corrected chi connectivity index (χ1v) is 16.8. The van der Waals surface area contributed by atoms with Crippen molar-refractivity contribution in [1.82, 2.24) is 0 Å². The summed E-state index contributed by atoms with van der Waals surface area (Å²) < 4.78 is 66.3. The second-order valence-corrected chi connectivity index (χ2v) is 12.7. The van der Waals surface area contributed by atoms with E-state index < -0.39 is 17.6 Å². The molecular weight excluding hydrogens is 708 g/mol. The Morgan fingerprint density at radius 1 is 0.611 bits per heavy atom. The van der Waals surface area contributed by atoms with Crippen LogP contribution < -0.4 is 0 Å². The highest BCUT2D eigenvalue weighted by Gasteiger charge is 2.47. The summed E-state index contributed by atoms with van der Waals surface area (Å²) in [6.45, 7) is 5.42. The van der Waals surface area contributed by atoms with Gasteiger partial charge >= 0.3 is 17.9 Å². The number of hydrogen-bond acceptors (Lipinski definition) is 8. The molecule has 0 heterocycles. The number of esters is 3. The SMILES string of the molecule is COC(=O)/C=C/c1ccc(C)cc1F.COC(=O)C1CC1c1ccc(C)cc1F.COC(=O)C1CC1c1ccc(O)cc1F.Cc1ccc(C=O)c(F)c1. The molecule has 2 aliphatic carbocycles. The van der Waals surface area contributed by atoms with Crippen molar-refractivity contribution < 1.29 is 56.1 Å². The number of phenols is 1. The molecule has 8 nitrogen and oxygen atoms in total. The first kappa shape index (κ1) is 42.6. The van der Waals surface area contributed by atoms with Crippen molar-refractivity contribution in [3.05, 3.63) is 141 Å². The fourth-order valence-electron chi connectivity index (χ4n) is 5.37. The van der Waals surface area contributed by atoms with Crippen molar-refractivity contribution in [2.45, 2.75) is 45.4 Å². The van der Waals surface area contributed by atoms with Gasteiger partial charge in [-0.1, -0.05) is 36.4 Å². The molecule has 2 fully saturated rings. The summed E-state index contributed by atoms with van der Waals surface area (Å²) >= 11 is 0. The molecule has 286 valence electrons. The first-order chi connectivity index (χ1) is 25.6. The van der Waals surface area contributed by atoms with Gasteiger partial charge in [0.25, 0.3) is 0 Å². The molecular formula is C42H42F4O8. The summed E-state index contributed by atoms with van der Waals surface area (Å²) in [4.78, 5) is 43.2. The normalized spacial score (nSPS) is 17.6. The summed E-state index contributed by atoms with van der Waals surface area (Å²) in [7, 11) is 3.96. The Labute approximate surface area is 311 Å². The number of methoxy groups -OCH3 is 3. The lowest BCUT2D eigenvalue weighted by Gasteiger charge is -2.02. The lowest BCUT2D eigenvalue weighted by molar-refractivity contribution is -0.143. The molecule has 1 N–H and O–H groups in total. The molecule has 0 spiro atoms. The van der Waals surface area contributed by atoms with Crippen molar-refractivity contribution in [2.24, 2.45) is 11.8 Å². The zero-order valence-corrected chi connectivity index (χ0v) is 30.7. The van der Waals surface area contributed by atoms with Crippen molar-refractivity contribution in [2.75, 3.05) is 21.3 Å². The van der Waals surface area contributed by atoms with Crippen LogP contribution in [0.25, 0.3) is 6.08 Å². The molecule has 0 saturated heterocycles. The van der Waals surface area contributed by atoms with E-state index in [9.17, 15) is 36.7 Å². The maximum atomic E-state index is 13.5. The minimum absolute atomic E-state index is 0.0121. The van der Waals surface area contributed by atoms with E-state index >= 15 is 0 Å². The molecule has 2 aliphatic rings. The van der Waals surface area contributed by atoms with E-state index in [1.807, 2.05) is 13.0 Å². The van der Waals surface area contributed by atoms with E-state index in [-0.39, 0.29) is 58.6 Å². The average molecular weight is 751 g/mol. The van der Waals surface area contributed by atoms with Gasteiger partial charge in [-0.25, -0.2) is 22.4 Å². The van der Waals surface area contributed by atoms with Crippen LogP contribution in [0.15, 0.2) is 78.9 Å². The van der Waals surface area contributed by atoms with Gasteiger partial charge in [0.1, 0.15) is 29.0 Å². The van der Waals surface area contributed by atoms with Gasteiger partial charge in [-0.05, 0) is 97.8 Å². The van der Waals surface area contributed by atoms with Crippen LogP contribution in [0.1, 0.15) is 68.4 Å². The van der Waals surface area contributed by atoms with Gasteiger partial charge in [0.2, 0.25) is 0 Å². The van der Waals surface area contributed by atoms with Crippen LogP contribution in [0, 0.1) is 55.9 Å². The van der Waals surface area contributed by atoms with E-state index in [1.54, 1.807) is 38.1 Å². The maximum Gasteiger partial charge on any atom is 0.330 e. The zero-order valence-electron chi connectivity index (χ0n) is 30.7. The zero-order chi connectivity index (χ0) is 40.1. The molecule has 4 aromatic carbocycles. The van der Waals surface area contributed by atoms with Crippen LogP contribution in [0.2, 0.25) is 0 Å². The maximum absolute atomic E-state index is 13.5. The Hall–Kier alpha value is -5.78. The van der Waals surface area contributed by atoms with Gasteiger partial charge in [0, 0.05) is 29.5 Å². The number of carbonyl (C=O) groups excluding carboxylic acids is 4. The molecule has 0 aromatic heterocycles. The number of phenolic OH excluding ortho intramolecular Hbond substituents is 1. The van der Waals surface area contributed by atoms with Crippen LogP contribution in [-0.4, -0.2) is 50.6 Å². The van der Waals surface area contributed by atoms with Gasteiger partial charge in [-0.2, -0.15) is 0 Å². The molecule has 0 amide bonds. The number of rotatable bonds is 7. The number of carbonyl (C=O) groups is 4. The van der Waals surface area contributed by atoms with Crippen LogP contribution in [-0.2, 0) is 28.6 Å². The van der Waals surface area contributed by atoms with Crippen molar-refractivity contribution >= 4 is 30.3 Å². The Morgan fingerprint density at radius 3 is 1.44 bits per heavy atom. The predicted octanol–water partition coefficient (Wildman–Crippen LogP) is 8.49. The average Bonchev–Trinajstić information content (AvgIpc) is 4.07. The number of aryl methyl sites for hydroxylation is 3. The smallest absolute Gasteiger partial charge is 0.330 e. The van der Waals surface area contributed by atoms with E-state index in [4.69, 9.17) is 5.11 Å². The van der Waals surface area contributed by atoms with Gasteiger partial charge < -0.3 is 19.3 Å². The fraction of sp³-hybridized carbons (Fsp3) is 0.286. The third kappa shape index (κ3) is 12.4. The summed E-state index contributed by atoms with van der Waals surface area (Å²) in [6.07, 6.45) is 4.41. The lowest BCUT2D eigenvalue weighted by Crippen LogP contribution is -2.04. The van der Waals surface area contributed by atoms with E-state index in [1.165, 1.54) is 69.9 Å². The summed E-state index contributed by atoms with van der Waals surface area (Å²) in [5.74, 6) is -3.07. The van der Waals surface area contributed by atoms with E-state index in [2.05, 4.69) is 14.2 Å². The van der Waals surface area contributed by atoms with Gasteiger partial charge in [-0.15, -0.1) is 0 Å². The number of aldehydes is 1. The van der Waals surface area contributed by atoms with Gasteiger partial charge in [0.05, 0.1) is 38.7 Å². The quantitative estimate of drug-likeness (QED) is 0.0658. The molecule has 0 bridgehead atoms. The van der Waals surface area contributed by atoms with Crippen molar-refractivity contribution in [1.29, 1.82) is 0 Å². The molecule has 6 rings (SSSR count). The molecule has 4 aromatic rings. The van der Waals surface area contributed by atoms with E-state index in [0.29, 0.717) is 35.8 Å². The number of aromatic hydroxyl groups is 1. The van der Waals surface area contributed by atoms with Crippen molar-refractivity contribution in [3.8, 4) is 5.75 Å². The Morgan fingerprint density at radius 2 is 1.04 bits per heavy atom. The Kier molecular flexibility index (Phi) is 15.7. The highest BCUT2D eigenvalue weighted by atomic mass is 19.1. The Bertz CT molecular complexity index is 1920. The number of ether oxygens (including phenoxy) is 3. The molecule has 12 heteroatoms. The van der Waals surface area contributed by atoms with Gasteiger partial charge in [-0.3, -0.25) is 14.4 Å². The minimum Gasteiger partial charge on any atom is -0.508 e. The molecule has 4 unspecified atom stereocenters. The van der Waals surface area contributed by atoms with E-state index in [0.717, 1.165) is 22.8 Å². The molecule has 0 aliphatic heterocycles. The summed E-state index contributed by atoms with van der Waals surface area (Å²) in [5.41, 5.74) is 4.16. The number of hydrogen-bond donors (Lipinski definition) is 1. The second kappa shape index (κ2) is 19.9. The molecule has 2 saturated carbocycles. The molecule has 0 radical (unpaired) electrons. The summed E-state index contributed by atoms with van der Waals surface area (Å²) in [6, 6.07) is 18.4. The standard InChI is InChI=1S/C12H13FO2.C11H11FO3.C11H11FO2.C8H7FO/c1-7-3-4-8(11(13)5-7)9-6-10(9)12(14)15-2;1-15-11(14)9-5-8(9)7-3-2-6(13)4-10(7)12;1-8-3-4-9(10(12)7-8)5-6-11(13)14-2;1-6-2-3-7(5-10)8(9)4-6/h3-5,9-10H,6H2,1-2H3;2-4,8-9,13H,5H2,1H3;3-7H,1-2H3;2-5H,1H3/b;;6-5+;. The fourth-order valence-corrected chi connectivity index (χ4v) is 5.37. The second-order valence-electron chi connectivity index (χ2n) is 12.7. The topological polar surface area (TPSA) is 116 Å². The third-order valence-electron chi connectivity index (χ3n) is 8.57. The highest BCUT2D eigenvalue weighted by molar-refractivity contribution is 5.87. The monoisotopic (exact) mass is 750 g/mol. The lowest BCUT2D eigenvalue weighted by atomic mass is 10.1. The molecule has 54 heavy (non-hydrogen) atoms. The van der Waals surface area contributed by atoms with Crippen molar-refractivity contribution in [3.63, 3.8) is 0 Å². The number of benzene rings is 4. The molecule has 4 atom stereocenters. The van der Waals surface area contributed by atoms with Crippen LogP contribution in [0.3, 0.4) is 0 Å². The largest absolute Gasteiger partial charge is 0.508 e. The van der Waals surface area contributed by atoms with Crippen LogP contribution in [0.4, 0.5) is 17.6 Å². The third-order valence-corrected chi connectivity index (χ3v) is 8.57. The minimum atomic E-state index is -0.495. The van der Waals surface area contributed by atoms with Crippen LogP contribution >= 0.6 is 0 Å². The first-order valence-electron chi connectivity index (χ1n) is 16.8. The Balaban J connectivity index is 0.000000196. The number of halogens is 4. The predicted molar refractivity (Wildman–Crippen MR) is 194 cm³/mol. The summed E-state index contributed by atoms with van der Waals surface area (Å²) in [5, 5.41) is 9.03. The highest BCUT2D eigenvalue weighted by Crippen LogP contribution is 2.49. The van der Waals surface area contributed by atoms with Crippen LogP contribution in [0.5, 0.6) is 5.75 Å². The van der Waals surface area contributed by atoms with Gasteiger partial charge in [0.15, 0.2) is 6.29 Å².